The number of alkyl halides is 3. The Balaban J connectivity index is 2.20. The molecule has 0 amide bonds. The van der Waals surface area contributed by atoms with Gasteiger partial charge in [-0.25, -0.2) is 9.97 Å². The molecule has 2 aromatic heterocycles. The van der Waals surface area contributed by atoms with E-state index in [0.717, 1.165) is 17.7 Å². The average molecular weight is 292 g/mol. The van der Waals surface area contributed by atoms with Crippen molar-refractivity contribution >= 4 is 16.9 Å². The SMILES string of the molecule is Cc1ccnc2nc(-c3cc(C(F)(F)F)ccc3N)[nH]c12. The second-order valence-corrected chi connectivity index (χ2v) is 4.71. The molecule has 4 nitrogen and oxygen atoms in total. The van der Waals surface area contributed by atoms with Gasteiger partial charge in [-0.2, -0.15) is 13.2 Å². The van der Waals surface area contributed by atoms with Gasteiger partial charge in [-0.3, -0.25) is 0 Å². The predicted octanol–water partition coefficient (Wildman–Crippen LogP) is 3.53. The highest BCUT2D eigenvalue weighted by atomic mass is 19.4. The highest BCUT2D eigenvalue weighted by Gasteiger charge is 2.31. The topological polar surface area (TPSA) is 67.6 Å². The zero-order valence-electron chi connectivity index (χ0n) is 11.0. The number of aromatic nitrogens is 3. The summed E-state index contributed by atoms with van der Waals surface area (Å²) in [6.45, 7) is 1.86. The molecule has 3 N–H and O–H groups in total. The zero-order chi connectivity index (χ0) is 15.2. The van der Waals surface area contributed by atoms with Gasteiger partial charge in [-0.1, -0.05) is 0 Å². The summed E-state index contributed by atoms with van der Waals surface area (Å²) in [5, 5.41) is 0. The van der Waals surface area contributed by atoms with Crippen molar-refractivity contribution in [2.24, 2.45) is 0 Å². The van der Waals surface area contributed by atoms with Gasteiger partial charge in [0.25, 0.3) is 0 Å². The van der Waals surface area contributed by atoms with Crippen molar-refractivity contribution < 1.29 is 13.2 Å². The van der Waals surface area contributed by atoms with E-state index in [1.807, 2.05) is 6.92 Å². The molecular formula is C14H11F3N4. The maximum absolute atomic E-state index is 12.8. The van der Waals surface area contributed by atoms with Crippen LogP contribution >= 0.6 is 0 Å². The molecule has 0 saturated heterocycles. The van der Waals surface area contributed by atoms with E-state index < -0.39 is 11.7 Å². The van der Waals surface area contributed by atoms with E-state index in [-0.39, 0.29) is 17.1 Å². The van der Waals surface area contributed by atoms with Gasteiger partial charge in [0.2, 0.25) is 0 Å². The van der Waals surface area contributed by atoms with Crippen molar-refractivity contribution in [3.05, 3.63) is 41.6 Å². The second-order valence-electron chi connectivity index (χ2n) is 4.71. The van der Waals surface area contributed by atoms with Crippen LogP contribution in [0.15, 0.2) is 30.5 Å². The average Bonchev–Trinajstić information content (AvgIpc) is 2.83. The van der Waals surface area contributed by atoms with Crippen molar-refractivity contribution in [3.8, 4) is 11.4 Å². The lowest BCUT2D eigenvalue weighted by atomic mass is 10.1. The van der Waals surface area contributed by atoms with E-state index in [0.29, 0.717) is 11.2 Å². The summed E-state index contributed by atoms with van der Waals surface area (Å²) >= 11 is 0. The van der Waals surface area contributed by atoms with Gasteiger partial charge in [0, 0.05) is 17.4 Å². The molecule has 7 heteroatoms. The number of fused-ring (bicyclic) bond motifs is 1. The fraction of sp³-hybridized carbons (Fsp3) is 0.143. The van der Waals surface area contributed by atoms with Crippen molar-refractivity contribution in [2.75, 3.05) is 5.73 Å². The quantitative estimate of drug-likeness (QED) is 0.674. The van der Waals surface area contributed by atoms with Crippen LogP contribution in [0.3, 0.4) is 0 Å². The Kier molecular flexibility index (Phi) is 2.86. The molecule has 3 aromatic rings. The van der Waals surface area contributed by atoms with Gasteiger partial charge < -0.3 is 10.7 Å². The lowest BCUT2D eigenvalue weighted by Crippen LogP contribution is -2.06. The highest BCUT2D eigenvalue weighted by Crippen LogP contribution is 2.34. The van der Waals surface area contributed by atoms with Crippen molar-refractivity contribution in [3.63, 3.8) is 0 Å². The summed E-state index contributed by atoms with van der Waals surface area (Å²) in [6.07, 6.45) is -2.83. The molecule has 0 saturated carbocycles. The maximum atomic E-state index is 12.8. The summed E-state index contributed by atoms with van der Waals surface area (Å²) in [4.78, 5) is 11.3. The first-order valence-corrected chi connectivity index (χ1v) is 6.14. The van der Waals surface area contributed by atoms with Crippen LogP contribution in [0, 0.1) is 6.92 Å². The first-order chi connectivity index (χ1) is 9.86. The van der Waals surface area contributed by atoms with Crippen LogP contribution in [-0.4, -0.2) is 15.0 Å². The second kappa shape index (κ2) is 4.47. The van der Waals surface area contributed by atoms with Crippen LogP contribution in [0.1, 0.15) is 11.1 Å². The lowest BCUT2D eigenvalue weighted by molar-refractivity contribution is -0.137. The van der Waals surface area contributed by atoms with Crippen molar-refractivity contribution in [1.82, 2.24) is 15.0 Å². The van der Waals surface area contributed by atoms with Crippen LogP contribution in [0.2, 0.25) is 0 Å². The number of pyridine rings is 1. The Morgan fingerprint density at radius 2 is 1.95 bits per heavy atom. The molecule has 21 heavy (non-hydrogen) atoms. The maximum Gasteiger partial charge on any atom is 0.416 e. The van der Waals surface area contributed by atoms with Crippen molar-refractivity contribution in [1.29, 1.82) is 0 Å². The molecule has 3 rings (SSSR count). The number of rotatable bonds is 1. The minimum atomic E-state index is -4.43. The molecule has 1 aromatic carbocycles. The number of nitrogens with zero attached hydrogens (tertiary/aromatic N) is 2. The van der Waals surface area contributed by atoms with Crippen molar-refractivity contribution in [2.45, 2.75) is 13.1 Å². The van der Waals surface area contributed by atoms with E-state index in [4.69, 9.17) is 5.73 Å². The normalized spacial score (nSPS) is 12.0. The lowest BCUT2D eigenvalue weighted by Gasteiger charge is -2.09. The van der Waals surface area contributed by atoms with Crippen LogP contribution in [0.5, 0.6) is 0 Å². The largest absolute Gasteiger partial charge is 0.416 e. The summed E-state index contributed by atoms with van der Waals surface area (Å²) in [5.41, 5.74) is 7.48. The number of aromatic amines is 1. The smallest absolute Gasteiger partial charge is 0.398 e. The van der Waals surface area contributed by atoms with E-state index >= 15 is 0 Å². The molecule has 108 valence electrons. The minimum Gasteiger partial charge on any atom is -0.398 e. The number of nitrogen functional groups attached to an aromatic ring is 1. The molecule has 0 aliphatic rings. The molecule has 0 spiro atoms. The van der Waals surface area contributed by atoms with Gasteiger partial charge in [0.05, 0.1) is 11.1 Å². The first kappa shape index (κ1) is 13.4. The number of aryl methyl sites for hydroxylation is 1. The number of hydrogen-bond acceptors (Lipinski definition) is 3. The Morgan fingerprint density at radius 3 is 2.62 bits per heavy atom. The van der Waals surface area contributed by atoms with Crippen LogP contribution in [0.25, 0.3) is 22.6 Å². The van der Waals surface area contributed by atoms with E-state index in [1.165, 1.54) is 6.07 Å². The van der Waals surface area contributed by atoms with Gasteiger partial charge in [0.1, 0.15) is 5.82 Å². The number of anilines is 1. The number of nitrogens with one attached hydrogen (secondary N) is 1. The van der Waals surface area contributed by atoms with Crippen LogP contribution < -0.4 is 5.73 Å². The predicted molar refractivity (Wildman–Crippen MR) is 73.5 cm³/mol. The summed E-state index contributed by atoms with van der Waals surface area (Å²) < 4.78 is 38.4. The number of H-pyrrole nitrogens is 1. The van der Waals surface area contributed by atoms with Gasteiger partial charge in [-0.15, -0.1) is 0 Å². The standard InChI is InChI=1S/C14H11F3N4/c1-7-4-5-19-13-11(7)20-12(21-13)9-6-8(14(15,16)17)2-3-10(9)18/h2-6H,18H2,1H3,(H,19,20,21). The Morgan fingerprint density at radius 1 is 1.19 bits per heavy atom. The molecule has 2 heterocycles. The first-order valence-electron chi connectivity index (χ1n) is 6.14. The summed E-state index contributed by atoms with van der Waals surface area (Å²) in [7, 11) is 0. The number of hydrogen-bond donors (Lipinski definition) is 2. The Labute approximate surface area is 117 Å². The fourth-order valence-corrected chi connectivity index (χ4v) is 2.10. The number of nitrogens with two attached hydrogens (primary N) is 1. The highest BCUT2D eigenvalue weighted by molar-refractivity contribution is 5.82. The summed E-state index contributed by atoms with van der Waals surface area (Å²) in [6, 6.07) is 4.96. The molecule has 0 bridgehead atoms. The fourth-order valence-electron chi connectivity index (χ4n) is 2.10. The number of imidazole rings is 1. The van der Waals surface area contributed by atoms with Gasteiger partial charge >= 0.3 is 6.18 Å². The number of benzene rings is 1. The van der Waals surface area contributed by atoms with E-state index in [1.54, 1.807) is 12.3 Å². The molecule has 0 unspecified atom stereocenters. The molecule has 0 atom stereocenters. The molecule has 0 radical (unpaired) electrons. The third kappa shape index (κ3) is 2.31. The van der Waals surface area contributed by atoms with E-state index in [2.05, 4.69) is 15.0 Å². The zero-order valence-corrected chi connectivity index (χ0v) is 11.0. The molecule has 0 aliphatic carbocycles. The monoisotopic (exact) mass is 292 g/mol. The van der Waals surface area contributed by atoms with Gasteiger partial charge in [-0.05, 0) is 36.8 Å². The third-order valence-corrected chi connectivity index (χ3v) is 3.24. The Hall–Kier alpha value is -2.57. The third-order valence-electron chi connectivity index (χ3n) is 3.24. The minimum absolute atomic E-state index is 0.210. The van der Waals surface area contributed by atoms with E-state index in [9.17, 15) is 13.2 Å². The van der Waals surface area contributed by atoms with Crippen LogP contribution in [0.4, 0.5) is 18.9 Å². The molecule has 0 aliphatic heterocycles. The van der Waals surface area contributed by atoms with Gasteiger partial charge in [0.15, 0.2) is 5.65 Å². The van der Waals surface area contributed by atoms with Crippen LogP contribution in [-0.2, 0) is 6.18 Å². The summed E-state index contributed by atoms with van der Waals surface area (Å²) in [5.74, 6) is 0.274. The molecule has 0 fully saturated rings. The molecular weight excluding hydrogens is 281 g/mol. The number of halogens is 3. The Bertz CT molecular complexity index is 821.